The predicted molar refractivity (Wildman–Crippen MR) is 110 cm³/mol. The Bertz CT molecular complexity index is 880. The molecule has 1 aromatic heterocycles. The third kappa shape index (κ3) is 3.53. The Labute approximate surface area is 154 Å². The van der Waals surface area contributed by atoms with Crippen LogP contribution < -0.4 is 10.6 Å². The number of anilines is 1. The molecular weight excluding hydrogens is 330 g/mol. The lowest BCUT2D eigenvalue weighted by Crippen LogP contribution is -2.08. The number of hydrogen-bond donors (Lipinski definition) is 2. The van der Waals surface area contributed by atoms with Crippen molar-refractivity contribution in [3.05, 3.63) is 52.5 Å². The molecule has 25 heavy (non-hydrogen) atoms. The lowest BCUT2D eigenvalue weighted by Gasteiger charge is -2.14. The molecule has 132 valence electrons. The number of benzene rings is 2. The van der Waals surface area contributed by atoms with Crippen molar-refractivity contribution in [2.45, 2.75) is 26.2 Å². The average molecular weight is 356 g/mol. The van der Waals surface area contributed by atoms with Crippen LogP contribution in [0.2, 0.25) is 5.02 Å². The van der Waals surface area contributed by atoms with E-state index in [0.29, 0.717) is 0 Å². The zero-order valence-corrected chi connectivity index (χ0v) is 16.0. The zero-order valence-electron chi connectivity index (χ0n) is 15.2. The molecule has 3 aromatic rings. The van der Waals surface area contributed by atoms with Crippen molar-refractivity contribution in [1.29, 1.82) is 0 Å². The number of nitrogens with one attached hydrogen (secondary N) is 1. The highest BCUT2D eigenvalue weighted by atomic mass is 35.5. The molecule has 3 nitrogen and oxygen atoms in total. The third-order valence-corrected chi connectivity index (χ3v) is 5.06. The molecule has 1 heterocycles. The standard InChI is InChI=1S/C21H26ClN3/c1-14-10-11-18(22)19-17(9-4-5-12-23)21(24-20(14)19)15-7-6-8-16(13-15)25(2)3/h6-8,10-11,13,24H,4-5,9,12,23H2,1-3H3. The summed E-state index contributed by atoms with van der Waals surface area (Å²) in [6.45, 7) is 2.85. The van der Waals surface area contributed by atoms with Gasteiger partial charge in [-0.1, -0.05) is 29.8 Å². The van der Waals surface area contributed by atoms with Gasteiger partial charge in [-0.05, 0) is 62.1 Å². The molecule has 0 fully saturated rings. The van der Waals surface area contributed by atoms with E-state index in [-0.39, 0.29) is 0 Å². The van der Waals surface area contributed by atoms with Gasteiger partial charge in [-0.3, -0.25) is 0 Å². The Hall–Kier alpha value is -1.97. The number of aryl methyl sites for hydroxylation is 2. The minimum absolute atomic E-state index is 0.723. The van der Waals surface area contributed by atoms with Crippen molar-refractivity contribution in [3.8, 4) is 11.3 Å². The van der Waals surface area contributed by atoms with Gasteiger partial charge < -0.3 is 15.6 Å². The van der Waals surface area contributed by atoms with Gasteiger partial charge in [0, 0.05) is 36.4 Å². The summed E-state index contributed by atoms with van der Waals surface area (Å²) in [6, 6.07) is 12.7. The number of aromatic amines is 1. The van der Waals surface area contributed by atoms with Gasteiger partial charge in [-0.25, -0.2) is 0 Å². The maximum Gasteiger partial charge on any atom is 0.0506 e. The molecule has 0 aliphatic heterocycles. The van der Waals surface area contributed by atoms with Crippen LogP contribution >= 0.6 is 11.6 Å². The summed E-state index contributed by atoms with van der Waals surface area (Å²) in [5.74, 6) is 0. The largest absolute Gasteiger partial charge is 0.378 e. The maximum atomic E-state index is 6.58. The van der Waals surface area contributed by atoms with E-state index in [4.69, 9.17) is 17.3 Å². The van der Waals surface area contributed by atoms with Crippen molar-refractivity contribution in [2.24, 2.45) is 5.73 Å². The van der Waals surface area contributed by atoms with Crippen LogP contribution in [-0.4, -0.2) is 25.6 Å². The number of nitrogens with two attached hydrogens (primary N) is 1. The minimum atomic E-state index is 0.723. The van der Waals surface area contributed by atoms with Crippen molar-refractivity contribution in [3.63, 3.8) is 0 Å². The monoisotopic (exact) mass is 355 g/mol. The number of H-pyrrole nitrogens is 1. The van der Waals surface area contributed by atoms with E-state index in [1.54, 1.807) is 0 Å². The summed E-state index contributed by atoms with van der Waals surface area (Å²) in [5.41, 5.74) is 12.9. The maximum absolute atomic E-state index is 6.58. The number of nitrogens with zero attached hydrogens (tertiary/aromatic N) is 1. The first-order valence-electron chi connectivity index (χ1n) is 8.80. The van der Waals surface area contributed by atoms with E-state index in [0.717, 1.165) is 41.7 Å². The Kier molecular flexibility index (Phi) is 5.36. The molecule has 0 atom stereocenters. The number of unbranched alkanes of at least 4 members (excludes halogenated alkanes) is 1. The average Bonchev–Trinajstić information content (AvgIpc) is 2.99. The number of fused-ring (bicyclic) bond motifs is 1. The van der Waals surface area contributed by atoms with Crippen molar-refractivity contribution >= 4 is 28.2 Å². The Morgan fingerprint density at radius 1 is 1.12 bits per heavy atom. The summed E-state index contributed by atoms with van der Waals surface area (Å²) >= 11 is 6.58. The minimum Gasteiger partial charge on any atom is -0.378 e. The van der Waals surface area contributed by atoms with Crippen LogP contribution in [-0.2, 0) is 6.42 Å². The molecule has 2 aromatic carbocycles. The van der Waals surface area contributed by atoms with Crippen LogP contribution in [0.5, 0.6) is 0 Å². The smallest absolute Gasteiger partial charge is 0.0506 e. The number of hydrogen-bond acceptors (Lipinski definition) is 2. The lowest BCUT2D eigenvalue weighted by molar-refractivity contribution is 0.748. The van der Waals surface area contributed by atoms with Crippen LogP contribution in [0.4, 0.5) is 5.69 Å². The molecule has 0 unspecified atom stereocenters. The topological polar surface area (TPSA) is 45.0 Å². The molecule has 0 aliphatic carbocycles. The molecule has 3 rings (SSSR count). The van der Waals surface area contributed by atoms with Gasteiger partial charge in [-0.2, -0.15) is 0 Å². The van der Waals surface area contributed by atoms with Gasteiger partial charge in [0.15, 0.2) is 0 Å². The fourth-order valence-electron chi connectivity index (χ4n) is 3.35. The second-order valence-corrected chi connectivity index (χ2v) is 7.19. The molecule has 0 radical (unpaired) electrons. The SMILES string of the molecule is Cc1ccc(Cl)c2c(CCCCN)c(-c3cccc(N(C)C)c3)[nH]c12. The zero-order chi connectivity index (χ0) is 18.0. The molecule has 0 amide bonds. The Balaban J connectivity index is 2.19. The van der Waals surface area contributed by atoms with E-state index in [2.05, 4.69) is 61.2 Å². The third-order valence-electron chi connectivity index (χ3n) is 4.75. The first-order valence-corrected chi connectivity index (χ1v) is 9.18. The van der Waals surface area contributed by atoms with E-state index in [1.807, 2.05) is 6.07 Å². The highest BCUT2D eigenvalue weighted by molar-refractivity contribution is 6.36. The number of aromatic nitrogens is 1. The number of halogens is 1. The van der Waals surface area contributed by atoms with Gasteiger partial charge in [0.2, 0.25) is 0 Å². The quantitative estimate of drug-likeness (QED) is 0.601. The summed E-state index contributed by atoms with van der Waals surface area (Å²) < 4.78 is 0. The van der Waals surface area contributed by atoms with Crippen LogP contribution in [0, 0.1) is 6.92 Å². The summed E-state index contributed by atoms with van der Waals surface area (Å²) in [5, 5.41) is 1.97. The van der Waals surface area contributed by atoms with Gasteiger partial charge >= 0.3 is 0 Å². The van der Waals surface area contributed by atoms with E-state index < -0.39 is 0 Å². The van der Waals surface area contributed by atoms with Gasteiger partial charge in [0.05, 0.1) is 10.5 Å². The second-order valence-electron chi connectivity index (χ2n) is 6.78. The van der Waals surface area contributed by atoms with Crippen LogP contribution in [0.15, 0.2) is 36.4 Å². The predicted octanol–water partition coefficient (Wildman–Crippen LogP) is 5.14. The van der Waals surface area contributed by atoms with E-state index in [1.165, 1.54) is 28.1 Å². The van der Waals surface area contributed by atoms with Crippen molar-refractivity contribution in [1.82, 2.24) is 4.98 Å². The Morgan fingerprint density at radius 2 is 1.92 bits per heavy atom. The van der Waals surface area contributed by atoms with Crippen LogP contribution in [0.25, 0.3) is 22.2 Å². The molecule has 0 spiro atoms. The summed E-state index contributed by atoms with van der Waals surface area (Å²) in [6.07, 6.45) is 3.06. The molecular formula is C21H26ClN3. The van der Waals surface area contributed by atoms with Crippen LogP contribution in [0.3, 0.4) is 0 Å². The highest BCUT2D eigenvalue weighted by Gasteiger charge is 2.17. The highest BCUT2D eigenvalue weighted by Crippen LogP contribution is 2.37. The molecule has 4 heteroatoms. The molecule has 0 saturated carbocycles. The van der Waals surface area contributed by atoms with Gasteiger partial charge in [-0.15, -0.1) is 0 Å². The fraction of sp³-hybridized carbons (Fsp3) is 0.333. The first kappa shape index (κ1) is 17.8. The van der Waals surface area contributed by atoms with Gasteiger partial charge in [0.25, 0.3) is 0 Å². The molecule has 0 bridgehead atoms. The van der Waals surface area contributed by atoms with Gasteiger partial charge in [0.1, 0.15) is 0 Å². The summed E-state index contributed by atoms with van der Waals surface area (Å²) in [7, 11) is 4.13. The lowest BCUT2D eigenvalue weighted by atomic mass is 9.99. The number of rotatable bonds is 6. The first-order chi connectivity index (χ1) is 12.0. The second kappa shape index (κ2) is 7.51. The van der Waals surface area contributed by atoms with Crippen molar-refractivity contribution < 1.29 is 0 Å². The summed E-state index contributed by atoms with van der Waals surface area (Å²) in [4.78, 5) is 5.77. The van der Waals surface area contributed by atoms with Crippen LogP contribution in [0.1, 0.15) is 24.0 Å². The van der Waals surface area contributed by atoms with Crippen molar-refractivity contribution in [2.75, 3.05) is 25.5 Å². The normalized spacial score (nSPS) is 11.2. The Morgan fingerprint density at radius 3 is 2.64 bits per heavy atom. The van der Waals surface area contributed by atoms with E-state index >= 15 is 0 Å². The fourth-order valence-corrected chi connectivity index (χ4v) is 3.62. The van der Waals surface area contributed by atoms with E-state index in [9.17, 15) is 0 Å². The molecule has 0 saturated heterocycles. The molecule has 3 N–H and O–H groups in total. The molecule has 0 aliphatic rings.